The lowest BCUT2D eigenvalue weighted by Gasteiger charge is -2.09. The maximum absolute atomic E-state index is 13.6. The van der Waals surface area contributed by atoms with Crippen molar-refractivity contribution in [3.63, 3.8) is 0 Å². The lowest BCUT2D eigenvalue weighted by Crippen LogP contribution is -2.14. The summed E-state index contributed by atoms with van der Waals surface area (Å²) < 4.78 is 18.7. The monoisotopic (exact) mass is 378 g/mol. The second-order valence-corrected chi connectivity index (χ2v) is 6.18. The van der Waals surface area contributed by atoms with Crippen molar-refractivity contribution < 1.29 is 18.7 Å². The van der Waals surface area contributed by atoms with Gasteiger partial charge in [-0.05, 0) is 73.2 Å². The molecule has 2 amide bonds. The zero-order chi connectivity index (χ0) is 20.1. The third-order valence-corrected chi connectivity index (χ3v) is 4.19. The number of nitrogens with one attached hydrogen (secondary N) is 2. The number of halogens is 1. The molecule has 0 bridgehead atoms. The molecule has 3 rings (SSSR count). The minimum Gasteiger partial charge on any atom is -0.497 e. The molecule has 0 spiro atoms. The second-order valence-electron chi connectivity index (χ2n) is 6.18. The van der Waals surface area contributed by atoms with Gasteiger partial charge in [0.25, 0.3) is 11.8 Å². The van der Waals surface area contributed by atoms with Crippen LogP contribution < -0.4 is 15.4 Å². The Morgan fingerprint density at radius 2 is 1.29 bits per heavy atom. The van der Waals surface area contributed by atoms with E-state index >= 15 is 0 Å². The molecule has 0 saturated heterocycles. The van der Waals surface area contributed by atoms with Crippen LogP contribution in [-0.2, 0) is 0 Å². The summed E-state index contributed by atoms with van der Waals surface area (Å²) in [7, 11) is 1.57. The van der Waals surface area contributed by atoms with E-state index in [1.807, 2.05) is 0 Å². The summed E-state index contributed by atoms with van der Waals surface area (Å²) in [5.74, 6) is -0.428. The van der Waals surface area contributed by atoms with E-state index in [2.05, 4.69) is 10.6 Å². The van der Waals surface area contributed by atoms with Crippen molar-refractivity contribution in [2.45, 2.75) is 6.92 Å². The molecule has 3 aromatic rings. The van der Waals surface area contributed by atoms with Gasteiger partial charge in [0.05, 0.1) is 7.11 Å². The summed E-state index contributed by atoms with van der Waals surface area (Å²) in [5, 5.41) is 5.47. The zero-order valence-corrected chi connectivity index (χ0v) is 15.5. The van der Waals surface area contributed by atoms with Crippen LogP contribution in [0.1, 0.15) is 26.3 Å². The quantitative estimate of drug-likeness (QED) is 0.679. The van der Waals surface area contributed by atoms with Gasteiger partial charge in [0.1, 0.15) is 11.6 Å². The van der Waals surface area contributed by atoms with Crippen molar-refractivity contribution in [3.05, 3.63) is 89.2 Å². The Bertz CT molecular complexity index is 999. The van der Waals surface area contributed by atoms with Crippen LogP contribution in [0.15, 0.2) is 66.7 Å². The SMILES string of the molecule is COc1ccc(NC(=O)c2ccc(NC(=O)c3ccc(C)c(F)c3)cc2)cc1. The van der Waals surface area contributed by atoms with Crippen molar-refractivity contribution in [2.75, 3.05) is 17.7 Å². The fourth-order valence-electron chi connectivity index (χ4n) is 2.52. The van der Waals surface area contributed by atoms with Crippen molar-refractivity contribution in [2.24, 2.45) is 0 Å². The van der Waals surface area contributed by atoms with Gasteiger partial charge >= 0.3 is 0 Å². The molecule has 0 atom stereocenters. The highest BCUT2D eigenvalue weighted by Gasteiger charge is 2.10. The fraction of sp³-hybridized carbons (Fsp3) is 0.0909. The number of amides is 2. The Morgan fingerprint density at radius 1 is 0.786 bits per heavy atom. The Labute approximate surface area is 162 Å². The van der Waals surface area contributed by atoms with Gasteiger partial charge in [-0.25, -0.2) is 4.39 Å². The summed E-state index contributed by atoms with van der Waals surface area (Å²) in [6.45, 7) is 1.63. The highest BCUT2D eigenvalue weighted by Crippen LogP contribution is 2.17. The third-order valence-electron chi connectivity index (χ3n) is 4.19. The summed E-state index contributed by atoms with van der Waals surface area (Å²) in [4.78, 5) is 24.5. The number of rotatable bonds is 5. The van der Waals surface area contributed by atoms with Gasteiger partial charge in [-0.15, -0.1) is 0 Å². The highest BCUT2D eigenvalue weighted by molar-refractivity contribution is 6.06. The molecule has 0 heterocycles. The van der Waals surface area contributed by atoms with Crippen LogP contribution in [0, 0.1) is 12.7 Å². The number of benzene rings is 3. The van der Waals surface area contributed by atoms with Crippen LogP contribution in [0.5, 0.6) is 5.75 Å². The molecule has 0 aliphatic carbocycles. The van der Waals surface area contributed by atoms with E-state index in [4.69, 9.17) is 4.74 Å². The Balaban J connectivity index is 1.64. The third kappa shape index (κ3) is 4.54. The first-order valence-corrected chi connectivity index (χ1v) is 8.59. The van der Waals surface area contributed by atoms with Gasteiger partial charge in [-0.3, -0.25) is 9.59 Å². The number of aryl methyl sites for hydroxylation is 1. The molecule has 0 fully saturated rings. The Morgan fingerprint density at radius 3 is 1.82 bits per heavy atom. The summed E-state index contributed by atoms with van der Waals surface area (Å²) in [6.07, 6.45) is 0. The minimum absolute atomic E-state index is 0.226. The summed E-state index contributed by atoms with van der Waals surface area (Å²) >= 11 is 0. The van der Waals surface area contributed by atoms with Crippen molar-refractivity contribution in [3.8, 4) is 5.75 Å². The van der Waals surface area contributed by atoms with E-state index in [-0.39, 0.29) is 11.5 Å². The molecule has 0 radical (unpaired) electrons. The van der Waals surface area contributed by atoms with E-state index in [1.165, 1.54) is 6.07 Å². The number of anilines is 2. The van der Waals surface area contributed by atoms with E-state index < -0.39 is 11.7 Å². The van der Waals surface area contributed by atoms with E-state index in [1.54, 1.807) is 74.7 Å². The van der Waals surface area contributed by atoms with Gasteiger partial charge < -0.3 is 15.4 Å². The molecule has 28 heavy (non-hydrogen) atoms. The van der Waals surface area contributed by atoms with Gasteiger partial charge in [-0.1, -0.05) is 6.07 Å². The number of hydrogen-bond donors (Lipinski definition) is 2. The smallest absolute Gasteiger partial charge is 0.255 e. The van der Waals surface area contributed by atoms with Crippen LogP contribution in [0.4, 0.5) is 15.8 Å². The Kier molecular flexibility index (Phi) is 5.69. The van der Waals surface area contributed by atoms with E-state index in [0.717, 1.165) is 0 Å². The van der Waals surface area contributed by atoms with E-state index in [9.17, 15) is 14.0 Å². The van der Waals surface area contributed by atoms with E-state index in [0.29, 0.717) is 28.3 Å². The zero-order valence-electron chi connectivity index (χ0n) is 15.5. The van der Waals surface area contributed by atoms with Gasteiger partial charge in [0.15, 0.2) is 0 Å². The van der Waals surface area contributed by atoms with Crippen LogP contribution in [0.25, 0.3) is 0 Å². The largest absolute Gasteiger partial charge is 0.497 e. The molecule has 0 aliphatic rings. The van der Waals surface area contributed by atoms with Gasteiger partial charge in [0.2, 0.25) is 0 Å². The first-order chi connectivity index (χ1) is 13.5. The predicted octanol–water partition coefficient (Wildman–Crippen LogP) is 4.65. The molecular weight excluding hydrogens is 359 g/mol. The summed E-state index contributed by atoms with van der Waals surface area (Å²) in [6, 6.07) is 17.7. The normalized spacial score (nSPS) is 10.2. The number of hydrogen-bond acceptors (Lipinski definition) is 3. The van der Waals surface area contributed by atoms with Crippen LogP contribution in [0.2, 0.25) is 0 Å². The van der Waals surface area contributed by atoms with Crippen LogP contribution in [0.3, 0.4) is 0 Å². The Hall–Kier alpha value is -3.67. The maximum Gasteiger partial charge on any atom is 0.255 e. The number of carbonyl (C=O) groups is 2. The van der Waals surface area contributed by atoms with Crippen molar-refractivity contribution >= 4 is 23.2 Å². The van der Waals surface area contributed by atoms with Crippen LogP contribution >= 0.6 is 0 Å². The molecule has 5 nitrogen and oxygen atoms in total. The number of ether oxygens (including phenoxy) is 1. The molecular formula is C22H19FN2O3. The number of carbonyl (C=O) groups excluding carboxylic acids is 2. The molecule has 0 saturated carbocycles. The number of methoxy groups -OCH3 is 1. The fourth-order valence-corrected chi connectivity index (χ4v) is 2.52. The molecule has 0 unspecified atom stereocenters. The first kappa shape index (κ1) is 19.1. The topological polar surface area (TPSA) is 67.4 Å². The van der Waals surface area contributed by atoms with Crippen molar-refractivity contribution in [1.29, 1.82) is 0 Å². The average molecular weight is 378 g/mol. The first-order valence-electron chi connectivity index (χ1n) is 8.59. The second kappa shape index (κ2) is 8.35. The predicted molar refractivity (Wildman–Crippen MR) is 106 cm³/mol. The van der Waals surface area contributed by atoms with Crippen LogP contribution in [-0.4, -0.2) is 18.9 Å². The highest BCUT2D eigenvalue weighted by atomic mass is 19.1. The maximum atomic E-state index is 13.6. The standard InChI is InChI=1S/C22H19FN2O3/c1-14-3-4-16(13-20(14)23)22(27)25-17-7-5-15(6-8-17)21(26)24-18-9-11-19(28-2)12-10-18/h3-13H,1-2H3,(H,24,26)(H,25,27). The average Bonchev–Trinajstić information content (AvgIpc) is 2.71. The molecule has 2 N–H and O–H groups in total. The molecule has 6 heteroatoms. The molecule has 3 aromatic carbocycles. The van der Waals surface area contributed by atoms with Crippen molar-refractivity contribution in [1.82, 2.24) is 0 Å². The molecule has 0 aromatic heterocycles. The lowest BCUT2D eigenvalue weighted by molar-refractivity contribution is 0.101. The summed E-state index contributed by atoms with van der Waals surface area (Å²) in [5.41, 5.74) is 2.29. The molecule has 0 aliphatic heterocycles. The lowest BCUT2D eigenvalue weighted by atomic mass is 10.1. The minimum atomic E-state index is -0.432. The van der Waals surface area contributed by atoms with Gasteiger partial charge in [-0.2, -0.15) is 0 Å². The van der Waals surface area contributed by atoms with Gasteiger partial charge in [0, 0.05) is 22.5 Å². The molecule has 142 valence electrons.